The Labute approximate surface area is 118 Å². The van der Waals surface area contributed by atoms with Crippen LogP contribution in [0, 0.1) is 0 Å². The average Bonchev–Trinajstić information content (AvgIpc) is 2.86. The molecule has 5 nitrogen and oxygen atoms in total. The molecule has 98 valence electrons. The van der Waals surface area contributed by atoms with Gasteiger partial charge < -0.3 is 5.11 Å². The first kappa shape index (κ1) is 12.7. The monoisotopic (exact) mass is 295 g/mol. The van der Waals surface area contributed by atoms with Gasteiger partial charge in [-0.1, -0.05) is 24.3 Å². The van der Waals surface area contributed by atoms with E-state index in [0.29, 0.717) is 11.1 Å². The topological polar surface area (TPSA) is 83.5 Å². The molecule has 1 spiro atoms. The highest BCUT2D eigenvalue weighted by atomic mass is 32.2. The summed E-state index contributed by atoms with van der Waals surface area (Å²) in [5.74, 6) is -1.95. The third kappa shape index (κ3) is 1.52. The number of hydrogen-bond acceptors (Lipinski definition) is 6. The number of fused-ring (bicyclic) bond motifs is 1. The zero-order valence-electron chi connectivity index (χ0n) is 9.54. The first-order valence-corrected chi connectivity index (χ1v) is 6.92. The highest BCUT2D eigenvalue weighted by Gasteiger charge is 2.62. The van der Waals surface area contributed by atoms with Crippen LogP contribution in [0.4, 0.5) is 0 Å². The van der Waals surface area contributed by atoms with Crippen LogP contribution in [0.5, 0.6) is 0 Å². The van der Waals surface area contributed by atoms with Gasteiger partial charge in [-0.3, -0.25) is 14.9 Å². The maximum absolute atomic E-state index is 12.4. The average molecular weight is 295 g/mol. The summed E-state index contributed by atoms with van der Waals surface area (Å²) in [6.45, 7) is 0. The SMILES string of the molecule is O=C(O)C1(S)CSC2(N1)C(=O)c1ccccc1C2=O. The number of thiol groups is 1. The first-order chi connectivity index (χ1) is 8.91. The van der Waals surface area contributed by atoms with E-state index in [1.54, 1.807) is 24.3 Å². The van der Waals surface area contributed by atoms with E-state index in [1.165, 1.54) is 0 Å². The molecule has 1 unspecified atom stereocenters. The predicted molar refractivity (Wildman–Crippen MR) is 72.8 cm³/mol. The molecule has 0 radical (unpaired) electrons. The number of benzene rings is 1. The number of nitrogens with one attached hydrogen (secondary N) is 1. The summed E-state index contributed by atoms with van der Waals surface area (Å²) in [6, 6.07) is 6.50. The van der Waals surface area contributed by atoms with Crippen LogP contribution in [-0.4, -0.2) is 38.1 Å². The zero-order valence-corrected chi connectivity index (χ0v) is 11.3. The molecule has 1 heterocycles. The third-order valence-corrected chi connectivity index (χ3v) is 5.45. The van der Waals surface area contributed by atoms with E-state index in [1.807, 2.05) is 0 Å². The number of carbonyl (C=O) groups excluding carboxylic acids is 2. The maximum Gasteiger partial charge on any atom is 0.335 e. The first-order valence-electron chi connectivity index (χ1n) is 5.48. The van der Waals surface area contributed by atoms with Crippen molar-refractivity contribution < 1.29 is 19.5 Å². The predicted octanol–water partition coefficient (Wildman–Crippen LogP) is 0.809. The Hall–Kier alpha value is -1.31. The molecular weight excluding hydrogens is 286 g/mol. The molecule has 0 aromatic heterocycles. The summed E-state index contributed by atoms with van der Waals surface area (Å²) in [7, 11) is 0. The lowest BCUT2D eigenvalue weighted by atomic mass is 10.1. The molecule has 1 atom stereocenters. The highest BCUT2D eigenvalue weighted by molar-refractivity contribution is 8.03. The van der Waals surface area contributed by atoms with Gasteiger partial charge in [-0.05, 0) is 0 Å². The minimum Gasteiger partial charge on any atom is -0.479 e. The lowest BCUT2D eigenvalue weighted by Gasteiger charge is -2.23. The molecule has 2 N–H and O–H groups in total. The van der Waals surface area contributed by atoms with Crippen molar-refractivity contribution in [3.8, 4) is 0 Å². The van der Waals surface area contributed by atoms with Gasteiger partial charge in [-0.2, -0.15) is 0 Å². The lowest BCUT2D eigenvalue weighted by molar-refractivity contribution is -0.139. The molecule has 0 saturated carbocycles. The second-order valence-corrected chi connectivity index (χ2v) is 6.42. The number of hydrogen-bond donors (Lipinski definition) is 3. The van der Waals surface area contributed by atoms with Crippen molar-refractivity contribution in [2.45, 2.75) is 9.74 Å². The number of aliphatic carboxylic acids is 1. The van der Waals surface area contributed by atoms with Crippen LogP contribution in [0.3, 0.4) is 0 Å². The van der Waals surface area contributed by atoms with Crippen molar-refractivity contribution in [1.29, 1.82) is 0 Å². The number of carboxylic acids is 1. The third-order valence-electron chi connectivity index (χ3n) is 3.29. The van der Waals surface area contributed by atoms with Crippen LogP contribution < -0.4 is 5.32 Å². The number of rotatable bonds is 1. The Balaban J connectivity index is 2.08. The fourth-order valence-corrected chi connectivity index (χ4v) is 4.08. The second kappa shape index (κ2) is 3.84. The molecule has 1 aliphatic carbocycles. The van der Waals surface area contributed by atoms with Gasteiger partial charge in [0, 0.05) is 16.9 Å². The molecule has 1 saturated heterocycles. The summed E-state index contributed by atoms with van der Waals surface area (Å²) in [4.78, 5) is 32.9. The van der Waals surface area contributed by atoms with Crippen molar-refractivity contribution in [3.63, 3.8) is 0 Å². The number of Topliss-reactive ketones (excluding diaryl/α,β-unsaturated/α-hetero) is 2. The molecular formula is C12H9NO4S2. The van der Waals surface area contributed by atoms with E-state index in [-0.39, 0.29) is 5.75 Å². The molecule has 2 aliphatic rings. The van der Waals surface area contributed by atoms with Crippen molar-refractivity contribution in [1.82, 2.24) is 5.32 Å². The number of carboxylic acid groups (broad SMARTS) is 1. The van der Waals surface area contributed by atoms with E-state index in [2.05, 4.69) is 17.9 Å². The largest absolute Gasteiger partial charge is 0.479 e. The number of carbonyl (C=O) groups is 3. The molecule has 1 aromatic rings. The van der Waals surface area contributed by atoms with Crippen molar-refractivity contribution in [3.05, 3.63) is 35.4 Å². The number of ketones is 2. The summed E-state index contributed by atoms with van der Waals surface area (Å²) in [5.41, 5.74) is 0.658. The van der Waals surface area contributed by atoms with E-state index in [4.69, 9.17) is 5.11 Å². The Morgan fingerprint density at radius 1 is 1.26 bits per heavy atom. The minimum absolute atomic E-state index is 0.0386. The van der Waals surface area contributed by atoms with Gasteiger partial charge in [-0.25, -0.2) is 4.79 Å². The second-order valence-electron chi connectivity index (χ2n) is 4.46. The van der Waals surface area contributed by atoms with Gasteiger partial charge in [-0.15, -0.1) is 24.4 Å². The van der Waals surface area contributed by atoms with Gasteiger partial charge in [0.05, 0.1) is 0 Å². The Bertz CT molecular complexity index is 595. The Kier molecular flexibility index (Phi) is 2.57. The summed E-state index contributed by atoms with van der Waals surface area (Å²) < 4.78 is 0. The summed E-state index contributed by atoms with van der Waals surface area (Å²) in [6.07, 6.45) is 0. The zero-order chi connectivity index (χ0) is 13.8. The van der Waals surface area contributed by atoms with Crippen molar-refractivity contribution >= 4 is 41.9 Å². The standard InChI is InChI=1S/C12H9NO4S2/c14-8-6-3-1-2-4-7(6)9(15)12(8)13-11(18,5-19-12)10(16)17/h1-4,13,18H,5H2,(H,16,17). The summed E-state index contributed by atoms with van der Waals surface area (Å²) in [5, 5.41) is 11.7. The van der Waals surface area contributed by atoms with E-state index in [0.717, 1.165) is 11.8 Å². The van der Waals surface area contributed by atoms with Crippen LogP contribution in [0.25, 0.3) is 0 Å². The van der Waals surface area contributed by atoms with Gasteiger partial charge in [0.2, 0.25) is 11.6 Å². The van der Waals surface area contributed by atoms with Crippen molar-refractivity contribution in [2.24, 2.45) is 0 Å². The van der Waals surface area contributed by atoms with Gasteiger partial charge >= 0.3 is 5.97 Å². The smallest absolute Gasteiger partial charge is 0.335 e. The van der Waals surface area contributed by atoms with Crippen LogP contribution in [0.2, 0.25) is 0 Å². The quantitative estimate of drug-likeness (QED) is 0.525. The molecule has 0 amide bonds. The van der Waals surface area contributed by atoms with E-state index < -0.39 is 27.3 Å². The fourth-order valence-electron chi connectivity index (χ4n) is 2.30. The summed E-state index contributed by atoms with van der Waals surface area (Å²) >= 11 is 5.04. The molecule has 19 heavy (non-hydrogen) atoms. The van der Waals surface area contributed by atoms with Crippen LogP contribution in [-0.2, 0) is 4.79 Å². The molecule has 1 fully saturated rings. The Morgan fingerprint density at radius 2 is 1.79 bits per heavy atom. The number of thioether (sulfide) groups is 1. The van der Waals surface area contributed by atoms with Gasteiger partial charge in [0.25, 0.3) is 0 Å². The highest BCUT2D eigenvalue weighted by Crippen LogP contribution is 2.46. The van der Waals surface area contributed by atoms with Crippen LogP contribution in [0.1, 0.15) is 20.7 Å². The van der Waals surface area contributed by atoms with Crippen molar-refractivity contribution in [2.75, 3.05) is 5.75 Å². The Morgan fingerprint density at radius 3 is 2.21 bits per heavy atom. The minimum atomic E-state index is -1.57. The molecule has 0 bridgehead atoms. The van der Waals surface area contributed by atoms with E-state index >= 15 is 0 Å². The van der Waals surface area contributed by atoms with E-state index in [9.17, 15) is 14.4 Å². The van der Waals surface area contributed by atoms with Crippen LogP contribution in [0.15, 0.2) is 24.3 Å². The fraction of sp³-hybridized carbons (Fsp3) is 0.250. The molecule has 1 aliphatic heterocycles. The molecule has 7 heteroatoms. The molecule has 3 rings (SSSR count). The molecule has 1 aromatic carbocycles. The van der Waals surface area contributed by atoms with Gasteiger partial charge in [0.15, 0.2) is 9.74 Å². The van der Waals surface area contributed by atoms with Gasteiger partial charge in [0.1, 0.15) is 0 Å². The van der Waals surface area contributed by atoms with Crippen LogP contribution >= 0.6 is 24.4 Å². The maximum atomic E-state index is 12.4. The lowest BCUT2D eigenvalue weighted by Crippen LogP contribution is -2.57. The normalized spacial score (nSPS) is 27.8.